The third-order valence-electron chi connectivity index (χ3n) is 7.82. The number of rotatable bonds is 5. The molecule has 0 aliphatic heterocycles. The van der Waals surface area contributed by atoms with Gasteiger partial charge in [0.05, 0.1) is 11.4 Å². The Morgan fingerprint density at radius 3 is 1.33 bits per heavy atom. The minimum atomic E-state index is -0.208. The molecule has 0 saturated heterocycles. The summed E-state index contributed by atoms with van der Waals surface area (Å²) in [6.07, 6.45) is 3.27. The van der Waals surface area contributed by atoms with Gasteiger partial charge in [0.25, 0.3) is 11.8 Å². The number of fused-ring (bicyclic) bond motifs is 2. The van der Waals surface area contributed by atoms with Crippen molar-refractivity contribution in [2.45, 2.75) is 13.8 Å². The van der Waals surface area contributed by atoms with E-state index in [1.807, 2.05) is 86.6 Å². The molecule has 0 spiro atoms. The van der Waals surface area contributed by atoms with Gasteiger partial charge in [-0.3, -0.25) is 19.6 Å². The molecule has 0 fully saturated rings. The smallest absolute Gasteiger partial charge is 0.276 e. The van der Waals surface area contributed by atoms with Gasteiger partial charge in [0, 0.05) is 37.6 Å². The number of carbonyl (C=O) groups is 2. The van der Waals surface area contributed by atoms with E-state index in [4.69, 9.17) is 0 Å². The second-order valence-electron chi connectivity index (χ2n) is 10.4. The Hall–Kier alpha value is -5.36. The van der Waals surface area contributed by atoms with Crippen molar-refractivity contribution >= 4 is 44.7 Å². The summed E-state index contributed by atoms with van der Waals surface area (Å²) in [5, 5.41) is 4.00. The van der Waals surface area contributed by atoms with Gasteiger partial charge >= 0.3 is 0 Å². The highest BCUT2D eigenvalue weighted by atomic mass is 16.2. The zero-order chi connectivity index (χ0) is 29.4. The molecule has 2 aromatic heterocycles. The van der Waals surface area contributed by atoms with Crippen LogP contribution in [0.4, 0.5) is 11.4 Å². The highest BCUT2D eigenvalue weighted by Gasteiger charge is 2.27. The molecule has 6 nitrogen and oxygen atoms in total. The van der Waals surface area contributed by atoms with Crippen molar-refractivity contribution in [3.8, 4) is 11.1 Å². The van der Waals surface area contributed by atoms with Gasteiger partial charge < -0.3 is 9.80 Å². The molecule has 4 aromatic carbocycles. The number of hydrogen-bond acceptors (Lipinski definition) is 4. The molecule has 0 N–H and O–H groups in total. The zero-order valence-corrected chi connectivity index (χ0v) is 24.0. The molecule has 6 heteroatoms. The lowest BCUT2D eigenvalue weighted by Gasteiger charge is -2.27. The molecule has 0 unspecified atom stereocenters. The number of anilines is 2. The van der Waals surface area contributed by atoms with Crippen molar-refractivity contribution in [2.75, 3.05) is 23.9 Å². The minimum Gasteiger partial charge on any atom is -0.309 e. The first-order chi connectivity index (χ1) is 20.4. The zero-order valence-electron chi connectivity index (χ0n) is 24.0. The fourth-order valence-electron chi connectivity index (χ4n) is 5.56. The van der Waals surface area contributed by atoms with Crippen LogP contribution in [0.3, 0.4) is 0 Å². The average Bonchev–Trinajstić information content (AvgIpc) is 3.03. The van der Waals surface area contributed by atoms with Crippen molar-refractivity contribution < 1.29 is 9.59 Å². The molecule has 2 amide bonds. The van der Waals surface area contributed by atoms with E-state index in [9.17, 15) is 9.59 Å². The van der Waals surface area contributed by atoms with Crippen molar-refractivity contribution in [1.29, 1.82) is 0 Å². The maximum Gasteiger partial charge on any atom is 0.276 e. The monoisotopic (exact) mass is 550 g/mol. The molecular weight excluding hydrogens is 520 g/mol. The lowest BCUT2D eigenvalue weighted by molar-refractivity contribution is 0.0980. The predicted octanol–water partition coefficient (Wildman–Crippen LogP) is 7.62. The highest BCUT2D eigenvalue weighted by molar-refractivity contribution is 6.19. The van der Waals surface area contributed by atoms with Crippen LogP contribution in [0, 0.1) is 13.8 Å². The van der Waals surface area contributed by atoms with E-state index >= 15 is 0 Å². The first-order valence-electron chi connectivity index (χ1n) is 13.8. The molecule has 0 bridgehead atoms. The second-order valence-corrected chi connectivity index (χ2v) is 10.4. The molecule has 0 aliphatic carbocycles. The number of hydrogen-bond donors (Lipinski definition) is 0. The summed E-state index contributed by atoms with van der Waals surface area (Å²) in [6.45, 7) is 3.77. The molecule has 6 aromatic rings. The van der Waals surface area contributed by atoms with Crippen LogP contribution in [-0.4, -0.2) is 35.9 Å². The van der Waals surface area contributed by atoms with E-state index in [1.165, 1.54) is 0 Å². The number of amides is 2. The summed E-state index contributed by atoms with van der Waals surface area (Å²) in [5.41, 5.74) is 5.57. The van der Waals surface area contributed by atoms with Gasteiger partial charge in [-0.25, -0.2) is 0 Å². The topological polar surface area (TPSA) is 66.4 Å². The van der Waals surface area contributed by atoms with Gasteiger partial charge in [0.15, 0.2) is 0 Å². The first kappa shape index (κ1) is 26.8. The molecule has 42 heavy (non-hydrogen) atoms. The Kier molecular flexibility index (Phi) is 6.97. The normalized spacial score (nSPS) is 11.0. The van der Waals surface area contributed by atoms with Crippen LogP contribution in [0.1, 0.15) is 32.1 Å². The van der Waals surface area contributed by atoms with Gasteiger partial charge in [0.2, 0.25) is 0 Å². The molecule has 0 aliphatic rings. The maximum atomic E-state index is 13.9. The summed E-state index contributed by atoms with van der Waals surface area (Å²) in [5.74, 6) is -0.417. The van der Waals surface area contributed by atoms with Crippen LogP contribution in [-0.2, 0) is 0 Å². The summed E-state index contributed by atoms with van der Waals surface area (Å²) in [4.78, 5) is 39.9. The molecule has 0 saturated carbocycles. The third-order valence-corrected chi connectivity index (χ3v) is 7.82. The quantitative estimate of drug-likeness (QED) is 0.221. The van der Waals surface area contributed by atoms with Crippen LogP contribution in [0.15, 0.2) is 109 Å². The summed E-state index contributed by atoms with van der Waals surface area (Å²) in [6, 6.07) is 31.7. The van der Waals surface area contributed by atoms with E-state index in [1.54, 1.807) is 36.3 Å². The van der Waals surface area contributed by atoms with E-state index in [0.29, 0.717) is 11.4 Å². The Balaban J connectivity index is 1.65. The lowest BCUT2D eigenvalue weighted by atomic mass is 9.90. The standard InChI is InChI=1S/C36H30N4O2/c1-23-11-9-21-37-33(23)35(41)39(3)29-19-17-25-13-5-7-15-27(25)31(29)32-28-16-8-6-14-26(28)18-20-30(32)40(4)36(42)34-24(2)12-10-22-38-34/h5-22H,1-4H3. The molecule has 0 atom stereocenters. The van der Waals surface area contributed by atoms with Crippen molar-refractivity contribution in [3.05, 3.63) is 132 Å². The second kappa shape index (κ2) is 10.9. The van der Waals surface area contributed by atoms with Crippen LogP contribution in [0.25, 0.3) is 32.7 Å². The van der Waals surface area contributed by atoms with E-state index in [0.717, 1.165) is 55.2 Å². The average molecular weight is 551 g/mol. The molecule has 2 heterocycles. The van der Waals surface area contributed by atoms with E-state index in [2.05, 4.69) is 34.2 Å². The van der Waals surface area contributed by atoms with Gasteiger partial charge in [-0.05, 0) is 70.8 Å². The van der Waals surface area contributed by atoms with Crippen LogP contribution < -0.4 is 9.80 Å². The predicted molar refractivity (Wildman–Crippen MR) is 170 cm³/mol. The molecule has 206 valence electrons. The Labute approximate surface area is 244 Å². The summed E-state index contributed by atoms with van der Waals surface area (Å²) in [7, 11) is 3.56. The summed E-state index contributed by atoms with van der Waals surface area (Å²) < 4.78 is 0. The van der Waals surface area contributed by atoms with Crippen LogP contribution >= 0.6 is 0 Å². The summed E-state index contributed by atoms with van der Waals surface area (Å²) >= 11 is 0. The lowest BCUT2D eigenvalue weighted by Crippen LogP contribution is -2.29. The van der Waals surface area contributed by atoms with E-state index in [-0.39, 0.29) is 11.8 Å². The Bertz CT molecular complexity index is 1850. The van der Waals surface area contributed by atoms with Crippen molar-refractivity contribution in [1.82, 2.24) is 9.97 Å². The Morgan fingerprint density at radius 1 is 0.524 bits per heavy atom. The molecule has 6 rings (SSSR count). The number of carbonyl (C=O) groups excluding carboxylic acids is 2. The van der Waals surface area contributed by atoms with Crippen molar-refractivity contribution in [3.63, 3.8) is 0 Å². The van der Waals surface area contributed by atoms with Crippen LogP contribution in [0.5, 0.6) is 0 Å². The fraction of sp³-hybridized carbons (Fsp3) is 0.111. The number of aryl methyl sites for hydroxylation is 2. The highest BCUT2D eigenvalue weighted by Crippen LogP contribution is 2.46. The number of pyridine rings is 2. The largest absolute Gasteiger partial charge is 0.309 e. The third kappa shape index (κ3) is 4.57. The molecule has 0 radical (unpaired) electrons. The number of aromatic nitrogens is 2. The maximum absolute atomic E-state index is 13.9. The number of nitrogens with zero attached hydrogens (tertiary/aromatic N) is 4. The Morgan fingerprint density at radius 2 is 0.929 bits per heavy atom. The SMILES string of the molecule is Cc1cccnc1C(=O)N(C)c1ccc2ccccc2c1-c1c(N(C)C(=O)c2ncccc2C)ccc2ccccc12. The van der Waals surface area contributed by atoms with E-state index < -0.39 is 0 Å². The van der Waals surface area contributed by atoms with Gasteiger partial charge in [-0.2, -0.15) is 0 Å². The first-order valence-corrected chi connectivity index (χ1v) is 13.8. The van der Waals surface area contributed by atoms with Gasteiger partial charge in [0.1, 0.15) is 11.4 Å². The number of benzene rings is 4. The molecular formula is C36H30N4O2. The van der Waals surface area contributed by atoms with Gasteiger partial charge in [-0.15, -0.1) is 0 Å². The van der Waals surface area contributed by atoms with Crippen molar-refractivity contribution in [2.24, 2.45) is 0 Å². The minimum absolute atomic E-state index is 0.208. The fourth-order valence-corrected chi connectivity index (χ4v) is 5.56. The van der Waals surface area contributed by atoms with Crippen LogP contribution in [0.2, 0.25) is 0 Å². The van der Waals surface area contributed by atoms with Gasteiger partial charge in [-0.1, -0.05) is 72.8 Å².